The smallest absolute Gasteiger partial charge is 0.334 e. The summed E-state index contributed by atoms with van der Waals surface area (Å²) in [6.07, 6.45) is 4.05. The first-order valence-corrected chi connectivity index (χ1v) is 10.1. The van der Waals surface area contributed by atoms with Gasteiger partial charge in [0.05, 0.1) is 6.54 Å². The average Bonchev–Trinajstić information content (AvgIpc) is 3.18. The standard InChI is InChI=1S/C20H22N4O2S/c25-19(21-14-7-2-1-3-8-14)23-18-16-10-4-5-11-17(16)22-20(26)24(18)13-15-9-6-12-27-15/h1-3,6-9,12,16-17H,4-5,10-11,13H2,(H,21,25)(H,22,26)/b23-18+. The van der Waals surface area contributed by atoms with Crippen LogP contribution in [0.2, 0.25) is 0 Å². The molecule has 2 aromatic rings. The van der Waals surface area contributed by atoms with Crippen molar-refractivity contribution in [3.05, 3.63) is 52.7 Å². The summed E-state index contributed by atoms with van der Waals surface area (Å²) in [5, 5.41) is 7.90. The summed E-state index contributed by atoms with van der Waals surface area (Å²) >= 11 is 1.59. The molecule has 2 atom stereocenters. The number of rotatable bonds is 3. The van der Waals surface area contributed by atoms with Gasteiger partial charge < -0.3 is 10.6 Å². The number of amides is 4. The summed E-state index contributed by atoms with van der Waals surface area (Å²) in [7, 11) is 0. The van der Waals surface area contributed by atoms with E-state index in [1.165, 1.54) is 0 Å². The van der Waals surface area contributed by atoms with Crippen molar-refractivity contribution < 1.29 is 9.59 Å². The number of thiophene rings is 1. The van der Waals surface area contributed by atoms with E-state index in [1.807, 2.05) is 47.8 Å². The fourth-order valence-corrected chi connectivity index (χ4v) is 4.48. The highest BCUT2D eigenvalue weighted by molar-refractivity contribution is 7.09. The highest BCUT2D eigenvalue weighted by Gasteiger charge is 2.40. The van der Waals surface area contributed by atoms with Crippen molar-refractivity contribution in [1.29, 1.82) is 0 Å². The third-order valence-corrected chi connectivity index (χ3v) is 5.92. The number of nitrogens with one attached hydrogen (secondary N) is 2. The van der Waals surface area contributed by atoms with Crippen molar-refractivity contribution in [2.45, 2.75) is 38.3 Å². The van der Waals surface area contributed by atoms with E-state index >= 15 is 0 Å². The molecule has 2 aliphatic rings. The van der Waals surface area contributed by atoms with Gasteiger partial charge >= 0.3 is 12.1 Å². The first-order chi connectivity index (χ1) is 13.2. The molecule has 140 valence electrons. The summed E-state index contributed by atoms with van der Waals surface area (Å²) in [4.78, 5) is 32.3. The molecule has 6 nitrogen and oxygen atoms in total. The summed E-state index contributed by atoms with van der Waals surface area (Å²) in [6.45, 7) is 0.435. The minimum atomic E-state index is -0.439. The van der Waals surface area contributed by atoms with E-state index in [2.05, 4.69) is 15.6 Å². The molecule has 1 aliphatic heterocycles. The van der Waals surface area contributed by atoms with E-state index in [1.54, 1.807) is 16.2 Å². The number of carbonyl (C=O) groups is 2. The summed E-state index contributed by atoms with van der Waals surface area (Å²) in [6, 6.07) is 12.7. The van der Waals surface area contributed by atoms with E-state index in [9.17, 15) is 9.59 Å². The molecular formula is C20H22N4O2S. The van der Waals surface area contributed by atoms with Crippen LogP contribution in [0.15, 0.2) is 52.8 Å². The van der Waals surface area contributed by atoms with Crippen LogP contribution < -0.4 is 10.6 Å². The molecule has 1 aromatic heterocycles. The van der Waals surface area contributed by atoms with Gasteiger partial charge in [0, 0.05) is 22.5 Å². The number of fused-ring (bicyclic) bond motifs is 1. The molecule has 1 saturated carbocycles. The number of carbonyl (C=O) groups excluding carboxylic acids is 2. The van der Waals surface area contributed by atoms with Crippen molar-refractivity contribution in [1.82, 2.24) is 10.2 Å². The molecule has 2 heterocycles. The third kappa shape index (κ3) is 4.03. The Kier molecular flexibility index (Phi) is 5.20. The lowest BCUT2D eigenvalue weighted by Crippen LogP contribution is -2.60. The van der Waals surface area contributed by atoms with Crippen LogP contribution in [0.25, 0.3) is 0 Å². The predicted molar refractivity (Wildman–Crippen MR) is 107 cm³/mol. The summed E-state index contributed by atoms with van der Waals surface area (Å²) in [5.41, 5.74) is 0.692. The van der Waals surface area contributed by atoms with E-state index in [0.717, 1.165) is 30.6 Å². The summed E-state index contributed by atoms with van der Waals surface area (Å²) < 4.78 is 0. The minimum absolute atomic E-state index is 0.0640. The van der Waals surface area contributed by atoms with Crippen molar-refractivity contribution in [2.24, 2.45) is 10.9 Å². The fraction of sp³-hybridized carbons (Fsp3) is 0.350. The highest BCUT2D eigenvalue weighted by Crippen LogP contribution is 2.31. The Morgan fingerprint density at radius 3 is 2.78 bits per heavy atom. The van der Waals surface area contributed by atoms with Crippen LogP contribution in [0.3, 0.4) is 0 Å². The Bertz CT molecular complexity index is 835. The van der Waals surface area contributed by atoms with Crippen LogP contribution in [0.5, 0.6) is 0 Å². The second-order valence-corrected chi connectivity index (χ2v) is 7.91. The van der Waals surface area contributed by atoms with Crippen molar-refractivity contribution in [3.8, 4) is 0 Å². The Hall–Kier alpha value is -2.67. The Morgan fingerprint density at radius 2 is 2.00 bits per heavy atom. The lowest BCUT2D eigenvalue weighted by molar-refractivity contribution is 0.188. The quantitative estimate of drug-likeness (QED) is 0.822. The normalized spacial score (nSPS) is 23.6. The van der Waals surface area contributed by atoms with Gasteiger partial charge in [-0.15, -0.1) is 11.3 Å². The molecule has 1 saturated heterocycles. The highest BCUT2D eigenvalue weighted by atomic mass is 32.1. The number of hydrogen-bond donors (Lipinski definition) is 2. The number of nitrogens with zero attached hydrogens (tertiary/aromatic N) is 2. The number of benzene rings is 1. The molecule has 1 aliphatic carbocycles. The minimum Gasteiger partial charge on any atom is -0.334 e. The van der Waals surface area contributed by atoms with Crippen molar-refractivity contribution in [2.75, 3.05) is 5.32 Å². The molecule has 27 heavy (non-hydrogen) atoms. The van der Waals surface area contributed by atoms with E-state index in [-0.39, 0.29) is 18.0 Å². The summed E-state index contributed by atoms with van der Waals surface area (Å²) in [5.74, 6) is 0.670. The Balaban J connectivity index is 1.61. The maximum atomic E-state index is 12.7. The SMILES string of the molecule is O=C(/N=C1\C2CCCCC2NC(=O)N1Cc1cccs1)Nc1ccccc1. The monoisotopic (exact) mass is 382 g/mol. The Morgan fingerprint density at radius 1 is 1.19 bits per heavy atom. The molecule has 2 unspecified atom stereocenters. The predicted octanol–water partition coefficient (Wildman–Crippen LogP) is 4.46. The van der Waals surface area contributed by atoms with Gasteiger partial charge in [0.1, 0.15) is 5.84 Å². The molecule has 0 radical (unpaired) electrons. The second kappa shape index (κ2) is 7.92. The largest absolute Gasteiger partial charge is 0.347 e. The molecular weight excluding hydrogens is 360 g/mol. The van der Waals surface area contributed by atoms with Crippen LogP contribution in [0.4, 0.5) is 15.3 Å². The van der Waals surface area contributed by atoms with Crippen LogP contribution in [0.1, 0.15) is 30.6 Å². The number of hydrogen-bond acceptors (Lipinski definition) is 3. The number of aliphatic imine (C=N–C) groups is 1. The average molecular weight is 382 g/mol. The number of anilines is 1. The maximum absolute atomic E-state index is 12.7. The van der Waals surface area contributed by atoms with Gasteiger partial charge in [-0.05, 0) is 36.4 Å². The Labute approximate surface area is 162 Å². The first-order valence-electron chi connectivity index (χ1n) is 9.26. The van der Waals surface area contributed by atoms with Crippen molar-refractivity contribution >= 4 is 34.9 Å². The van der Waals surface area contributed by atoms with E-state index in [0.29, 0.717) is 18.1 Å². The third-order valence-electron chi connectivity index (χ3n) is 5.06. The van der Waals surface area contributed by atoms with Gasteiger partial charge in [0.2, 0.25) is 0 Å². The van der Waals surface area contributed by atoms with Crippen LogP contribution in [-0.4, -0.2) is 28.8 Å². The first kappa shape index (κ1) is 17.7. The van der Waals surface area contributed by atoms with Gasteiger partial charge in [0.25, 0.3) is 0 Å². The lowest BCUT2D eigenvalue weighted by Gasteiger charge is -2.42. The molecule has 2 fully saturated rings. The van der Waals surface area contributed by atoms with Gasteiger partial charge in [-0.25, -0.2) is 9.59 Å². The van der Waals surface area contributed by atoms with Gasteiger partial charge in [-0.1, -0.05) is 37.1 Å². The molecule has 4 rings (SSSR count). The molecule has 4 amide bonds. The molecule has 7 heteroatoms. The van der Waals surface area contributed by atoms with Crippen molar-refractivity contribution in [3.63, 3.8) is 0 Å². The fourth-order valence-electron chi connectivity index (χ4n) is 3.78. The number of amidine groups is 1. The zero-order valence-electron chi connectivity index (χ0n) is 14.9. The van der Waals surface area contributed by atoms with Gasteiger partial charge in [-0.3, -0.25) is 4.90 Å². The van der Waals surface area contributed by atoms with Crippen LogP contribution in [-0.2, 0) is 6.54 Å². The number of para-hydroxylation sites is 1. The van der Waals surface area contributed by atoms with Crippen LogP contribution in [0, 0.1) is 5.92 Å². The molecule has 1 aromatic carbocycles. The van der Waals surface area contributed by atoms with Gasteiger partial charge in [-0.2, -0.15) is 4.99 Å². The molecule has 0 bridgehead atoms. The number of urea groups is 2. The molecule has 2 N–H and O–H groups in total. The molecule has 0 spiro atoms. The topological polar surface area (TPSA) is 73.8 Å². The van der Waals surface area contributed by atoms with E-state index in [4.69, 9.17) is 0 Å². The second-order valence-electron chi connectivity index (χ2n) is 6.88. The zero-order chi connectivity index (χ0) is 18.6. The lowest BCUT2D eigenvalue weighted by atomic mass is 9.82. The zero-order valence-corrected chi connectivity index (χ0v) is 15.7. The van der Waals surface area contributed by atoms with E-state index < -0.39 is 6.03 Å². The van der Waals surface area contributed by atoms with Gasteiger partial charge in [0.15, 0.2) is 0 Å². The maximum Gasteiger partial charge on any atom is 0.347 e. The van der Waals surface area contributed by atoms with Crippen LogP contribution >= 0.6 is 11.3 Å².